The fourth-order valence-electron chi connectivity index (χ4n) is 2.49. The Bertz CT molecular complexity index is 853. The van der Waals surface area contributed by atoms with Crippen molar-refractivity contribution in [1.82, 2.24) is 5.32 Å². The van der Waals surface area contributed by atoms with Crippen LogP contribution in [0.4, 0.5) is 4.39 Å². The second-order valence-corrected chi connectivity index (χ2v) is 5.35. The Morgan fingerprint density at radius 3 is 2.65 bits per heavy atom. The van der Waals surface area contributed by atoms with Crippen LogP contribution in [-0.4, -0.2) is 17.6 Å². The Kier molecular flexibility index (Phi) is 4.02. The third-order valence-electron chi connectivity index (χ3n) is 3.76. The first-order chi connectivity index (χ1) is 11.1. The summed E-state index contributed by atoms with van der Waals surface area (Å²) in [5.41, 5.74) is 1.73. The van der Waals surface area contributed by atoms with Crippen LogP contribution in [0, 0.1) is 12.7 Å². The number of amides is 1. The molecule has 0 saturated heterocycles. The monoisotopic (exact) mass is 313 g/mol. The van der Waals surface area contributed by atoms with E-state index in [0.717, 1.165) is 5.56 Å². The van der Waals surface area contributed by atoms with E-state index >= 15 is 0 Å². The SMILES string of the molecule is Cc1c(C(=O)NCCc2ccc(O)cc2)oc2c(F)cccc12. The van der Waals surface area contributed by atoms with Crippen LogP contribution in [0.1, 0.15) is 21.7 Å². The van der Waals surface area contributed by atoms with Gasteiger partial charge in [0, 0.05) is 17.5 Å². The van der Waals surface area contributed by atoms with Gasteiger partial charge in [-0.3, -0.25) is 4.79 Å². The molecule has 2 N–H and O–H groups in total. The van der Waals surface area contributed by atoms with E-state index < -0.39 is 5.82 Å². The van der Waals surface area contributed by atoms with Crippen LogP contribution in [0.25, 0.3) is 11.0 Å². The van der Waals surface area contributed by atoms with Crippen molar-refractivity contribution in [3.05, 3.63) is 65.2 Å². The van der Waals surface area contributed by atoms with E-state index in [9.17, 15) is 14.3 Å². The lowest BCUT2D eigenvalue weighted by Gasteiger charge is -2.04. The molecule has 0 aliphatic heterocycles. The lowest BCUT2D eigenvalue weighted by Crippen LogP contribution is -2.25. The number of fused-ring (bicyclic) bond motifs is 1. The van der Waals surface area contributed by atoms with E-state index in [1.54, 1.807) is 43.3 Å². The van der Waals surface area contributed by atoms with Crippen molar-refractivity contribution in [2.45, 2.75) is 13.3 Å². The lowest BCUT2D eigenvalue weighted by molar-refractivity contribution is 0.0927. The van der Waals surface area contributed by atoms with Crippen LogP contribution in [0.15, 0.2) is 46.9 Å². The highest BCUT2D eigenvalue weighted by molar-refractivity contribution is 5.98. The minimum Gasteiger partial charge on any atom is -0.508 e. The highest BCUT2D eigenvalue weighted by Crippen LogP contribution is 2.27. The quantitative estimate of drug-likeness (QED) is 0.774. The molecule has 23 heavy (non-hydrogen) atoms. The highest BCUT2D eigenvalue weighted by Gasteiger charge is 2.19. The van der Waals surface area contributed by atoms with E-state index in [4.69, 9.17) is 4.42 Å². The zero-order chi connectivity index (χ0) is 16.4. The summed E-state index contributed by atoms with van der Waals surface area (Å²) in [5.74, 6) is -0.501. The number of furan rings is 1. The van der Waals surface area contributed by atoms with Crippen molar-refractivity contribution >= 4 is 16.9 Å². The number of aryl methyl sites for hydroxylation is 1. The molecular weight excluding hydrogens is 297 g/mol. The number of halogens is 1. The van der Waals surface area contributed by atoms with E-state index in [-0.39, 0.29) is 23.0 Å². The average molecular weight is 313 g/mol. The minimum atomic E-state index is -0.478. The van der Waals surface area contributed by atoms with Crippen molar-refractivity contribution in [2.75, 3.05) is 6.54 Å². The number of aromatic hydroxyl groups is 1. The average Bonchev–Trinajstić information content (AvgIpc) is 2.88. The van der Waals surface area contributed by atoms with Crippen LogP contribution in [0.5, 0.6) is 5.75 Å². The summed E-state index contributed by atoms with van der Waals surface area (Å²) in [6, 6.07) is 11.4. The highest BCUT2D eigenvalue weighted by atomic mass is 19.1. The van der Waals surface area contributed by atoms with Gasteiger partial charge in [0.15, 0.2) is 17.2 Å². The molecule has 0 spiro atoms. The summed E-state index contributed by atoms with van der Waals surface area (Å²) in [4.78, 5) is 12.2. The van der Waals surface area contributed by atoms with Gasteiger partial charge in [-0.05, 0) is 37.1 Å². The summed E-state index contributed by atoms with van der Waals surface area (Å²) < 4.78 is 19.1. The van der Waals surface area contributed by atoms with Crippen LogP contribution in [0.3, 0.4) is 0 Å². The molecule has 0 aliphatic rings. The second kappa shape index (κ2) is 6.12. The predicted octanol–water partition coefficient (Wildman–Crippen LogP) is 3.56. The van der Waals surface area contributed by atoms with Crippen molar-refractivity contribution in [2.24, 2.45) is 0 Å². The minimum absolute atomic E-state index is 0.105. The van der Waals surface area contributed by atoms with Crippen LogP contribution < -0.4 is 5.32 Å². The van der Waals surface area contributed by atoms with E-state index in [0.29, 0.717) is 23.9 Å². The van der Waals surface area contributed by atoms with Gasteiger partial charge in [-0.15, -0.1) is 0 Å². The fraction of sp³-hybridized carbons (Fsp3) is 0.167. The Morgan fingerprint density at radius 1 is 1.22 bits per heavy atom. The summed E-state index contributed by atoms with van der Waals surface area (Å²) >= 11 is 0. The number of hydrogen-bond acceptors (Lipinski definition) is 3. The molecule has 3 aromatic rings. The maximum absolute atomic E-state index is 13.7. The first kappa shape index (κ1) is 15.1. The number of carbonyl (C=O) groups excluding carboxylic acids is 1. The van der Waals surface area contributed by atoms with Crippen molar-refractivity contribution in [3.8, 4) is 5.75 Å². The number of rotatable bonds is 4. The standard InChI is InChI=1S/C18H16FNO3/c1-11-14-3-2-4-15(19)17(14)23-16(11)18(22)20-10-9-12-5-7-13(21)8-6-12/h2-8,21H,9-10H2,1H3,(H,20,22). The second-order valence-electron chi connectivity index (χ2n) is 5.35. The van der Waals surface area contributed by atoms with Gasteiger partial charge in [0.2, 0.25) is 0 Å². The number of carbonyl (C=O) groups is 1. The van der Waals surface area contributed by atoms with Gasteiger partial charge in [0.05, 0.1) is 0 Å². The molecular formula is C18H16FNO3. The van der Waals surface area contributed by atoms with Gasteiger partial charge in [-0.1, -0.05) is 24.3 Å². The molecule has 4 nitrogen and oxygen atoms in total. The van der Waals surface area contributed by atoms with Crippen LogP contribution >= 0.6 is 0 Å². The Morgan fingerprint density at radius 2 is 1.96 bits per heavy atom. The maximum atomic E-state index is 13.7. The topological polar surface area (TPSA) is 62.5 Å². The normalized spacial score (nSPS) is 10.9. The van der Waals surface area contributed by atoms with Gasteiger partial charge >= 0.3 is 0 Å². The number of phenols is 1. The van der Waals surface area contributed by atoms with Crippen molar-refractivity contribution in [1.29, 1.82) is 0 Å². The lowest BCUT2D eigenvalue weighted by atomic mass is 10.1. The molecule has 0 saturated carbocycles. The number of hydrogen-bond donors (Lipinski definition) is 2. The van der Waals surface area contributed by atoms with Crippen molar-refractivity contribution in [3.63, 3.8) is 0 Å². The van der Waals surface area contributed by atoms with Crippen molar-refractivity contribution < 1.29 is 18.7 Å². The Labute approximate surface area is 132 Å². The van der Waals surface area contributed by atoms with E-state index in [1.165, 1.54) is 6.07 Å². The molecule has 5 heteroatoms. The largest absolute Gasteiger partial charge is 0.508 e. The molecule has 0 aliphatic carbocycles. The zero-order valence-corrected chi connectivity index (χ0v) is 12.6. The molecule has 1 amide bonds. The maximum Gasteiger partial charge on any atom is 0.287 e. The van der Waals surface area contributed by atoms with Gasteiger partial charge < -0.3 is 14.8 Å². The smallest absolute Gasteiger partial charge is 0.287 e. The number of para-hydroxylation sites is 1. The van der Waals surface area contributed by atoms with Gasteiger partial charge in [0.1, 0.15) is 5.75 Å². The molecule has 118 valence electrons. The van der Waals surface area contributed by atoms with Crippen LogP contribution in [0.2, 0.25) is 0 Å². The van der Waals surface area contributed by atoms with Gasteiger partial charge in [0.25, 0.3) is 5.91 Å². The van der Waals surface area contributed by atoms with Gasteiger partial charge in [-0.25, -0.2) is 4.39 Å². The molecule has 0 bridgehead atoms. The summed E-state index contributed by atoms with van der Waals surface area (Å²) in [6.07, 6.45) is 0.625. The molecule has 2 aromatic carbocycles. The number of benzene rings is 2. The Balaban J connectivity index is 1.70. The molecule has 1 heterocycles. The zero-order valence-electron chi connectivity index (χ0n) is 12.6. The summed E-state index contributed by atoms with van der Waals surface area (Å²) in [7, 11) is 0. The first-order valence-electron chi connectivity index (χ1n) is 7.30. The molecule has 0 fully saturated rings. The fourth-order valence-corrected chi connectivity index (χ4v) is 2.49. The number of nitrogens with one attached hydrogen (secondary N) is 1. The number of phenolic OH excluding ortho intramolecular Hbond substituents is 1. The molecule has 0 radical (unpaired) electrons. The molecule has 0 unspecified atom stereocenters. The molecule has 1 aromatic heterocycles. The van der Waals surface area contributed by atoms with E-state index in [1.807, 2.05) is 0 Å². The third kappa shape index (κ3) is 3.04. The summed E-state index contributed by atoms with van der Waals surface area (Å²) in [6.45, 7) is 2.16. The van der Waals surface area contributed by atoms with E-state index in [2.05, 4.69) is 5.32 Å². The third-order valence-corrected chi connectivity index (χ3v) is 3.76. The first-order valence-corrected chi connectivity index (χ1v) is 7.30. The molecule has 0 atom stereocenters. The Hall–Kier alpha value is -2.82. The van der Waals surface area contributed by atoms with Crippen LogP contribution in [-0.2, 0) is 6.42 Å². The predicted molar refractivity (Wildman–Crippen MR) is 85.1 cm³/mol. The molecule has 3 rings (SSSR count). The summed E-state index contributed by atoms with van der Waals surface area (Å²) in [5, 5.41) is 12.6. The van der Waals surface area contributed by atoms with Gasteiger partial charge in [-0.2, -0.15) is 0 Å².